The molecule has 2 nitrogen and oxygen atoms in total. The van der Waals surface area contributed by atoms with Crippen molar-refractivity contribution in [1.82, 2.24) is 0 Å². The van der Waals surface area contributed by atoms with Crippen molar-refractivity contribution in [2.75, 3.05) is 11.4 Å². The molecule has 0 radical (unpaired) electrons. The van der Waals surface area contributed by atoms with Gasteiger partial charge in [0.2, 0.25) is 0 Å². The molecule has 0 unspecified atom stereocenters. The van der Waals surface area contributed by atoms with Crippen LogP contribution in [0.1, 0.15) is 11.1 Å². The molecule has 0 aromatic heterocycles. The zero-order valence-corrected chi connectivity index (χ0v) is 9.85. The van der Waals surface area contributed by atoms with E-state index in [1.165, 1.54) is 16.8 Å². The molecule has 0 aliphatic carbocycles. The fourth-order valence-electron chi connectivity index (χ4n) is 2.36. The predicted molar refractivity (Wildman–Crippen MR) is 70.0 cm³/mol. The van der Waals surface area contributed by atoms with E-state index in [0.717, 1.165) is 18.7 Å². The van der Waals surface area contributed by atoms with Gasteiger partial charge in [0.05, 0.1) is 0 Å². The highest BCUT2D eigenvalue weighted by Gasteiger charge is 2.20. The number of fused-ring (bicyclic) bond motifs is 1. The monoisotopic (exact) mass is 225 g/mol. The number of hydrogen-bond acceptors (Lipinski definition) is 2. The van der Waals surface area contributed by atoms with E-state index in [2.05, 4.69) is 36.1 Å². The van der Waals surface area contributed by atoms with Crippen LogP contribution >= 0.6 is 0 Å². The van der Waals surface area contributed by atoms with E-state index >= 15 is 0 Å². The molecule has 2 heteroatoms. The minimum atomic E-state index is 0.336. The zero-order valence-electron chi connectivity index (χ0n) is 9.85. The first-order valence-electron chi connectivity index (χ1n) is 5.90. The highest BCUT2D eigenvalue weighted by Crippen LogP contribution is 2.36. The van der Waals surface area contributed by atoms with Crippen molar-refractivity contribution < 1.29 is 5.11 Å². The molecular weight excluding hydrogens is 210 g/mol. The van der Waals surface area contributed by atoms with Crippen molar-refractivity contribution in [3.63, 3.8) is 0 Å². The number of aromatic hydroxyl groups is 1. The Morgan fingerprint density at radius 1 is 1.06 bits per heavy atom. The second-order valence-electron chi connectivity index (χ2n) is 4.55. The summed E-state index contributed by atoms with van der Waals surface area (Å²) in [4.78, 5) is 2.26. The number of rotatable bonds is 1. The van der Waals surface area contributed by atoms with E-state index < -0.39 is 0 Å². The molecule has 0 fully saturated rings. The summed E-state index contributed by atoms with van der Waals surface area (Å²) in [5, 5.41) is 9.58. The maximum Gasteiger partial charge on any atom is 0.117 e. The number of anilines is 2. The summed E-state index contributed by atoms with van der Waals surface area (Å²) < 4.78 is 0. The SMILES string of the molecule is Cc1ccc(N2CCc3ccc(O)cc32)cc1. The van der Waals surface area contributed by atoms with Crippen LogP contribution in [-0.2, 0) is 6.42 Å². The third kappa shape index (κ3) is 1.76. The maximum atomic E-state index is 9.58. The molecule has 0 saturated heterocycles. The first-order valence-corrected chi connectivity index (χ1v) is 5.90. The Morgan fingerprint density at radius 2 is 1.82 bits per heavy atom. The Morgan fingerprint density at radius 3 is 2.59 bits per heavy atom. The second kappa shape index (κ2) is 3.81. The molecule has 1 N–H and O–H groups in total. The molecule has 1 aliphatic rings. The summed E-state index contributed by atoms with van der Waals surface area (Å²) in [5.41, 5.74) is 4.90. The van der Waals surface area contributed by atoms with Crippen LogP contribution in [0.4, 0.5) is 11.4 Å². The summed E-state index contributed by atoms with van der Waals surface area (Å²) in [5.74, 6) is 0.336. The van der Waals surface area contributed by atoms with Gasteiger partial charge < -0.3 is 10.0 Å². The molecule has 2 aromatic carbocycles. The highest BCUT2D eigenvalue weighted by atomic mass is 16.3. The van der Waals surface area contributed by atoms with Crippen LogP contribution in [0, 0.1) is 6.92 Å². The Balaban J connectivity index is 2.03. The van der Waals surface area contributed by atoms with Crippen molar-refractivity contribution in [3.8, 4) is 5.75 Å². The lowest BCUT2D eigenvalue weighted by atomic mass is 10.1. The van der Waals surface area contributed by atoms with Crippen molar-refractivity contribution in [2.45, 2.75) is 13.3 Å². The van der Waals surface area contributed by atoms with E-state index in [4.69, 9.17) is 0 Å². The molecular formula is C15H15NO. The third-order valence-electron chi connectivity index (χ3n) is 3.31. The van der Waals surface area contributed by atoms with Gasteiger partial charge in [-0.2, -0.15) is 0 Å². The van der Waals surface area contributed by atoms with Crippen LogP contribution in [0.5, 0.6) is 5.75 Å². The average molecular weight is 225 g/mol. The average Bonchev–Trinajstić information content (AvgIpc) is 2.73. The van der Waals surface area contributed by atoms with E-state index in [9.17, 15) is 5.11 Å². The fraction of sp³-hybridized carbons (Fsp3) is 0.200. The lowest BCUT2D eigenvalue weighted by Gasteiger charge is -2.19. The number of hydrogen-bond donors (Lipinski definition) is 1. The van der Waals surface area contributed by atoms with Gasteiger partial charge in [0.1, 0.15) is 5.75 Å². The molecule has 3 rings (SSSR count). The standard InChI is InChI=1S/C15H15NO/c1-11-2-5-13(6-3-11)16-9-8-12-4-7-14(17)10-15(12)16/h2-7,10,17H,8-9H2,1H3. The molecule has 17 heavy (non-hydrogen) atoms. The maximum absolute atomic E-state index is 9.58. The molecule has 86 valence electrons. The van der Waals surface area contributed by atoms with Gasteiger partial charge in [0.15, 0.2) is 0 Å². The summed E-state index contributed by atoms with van der Waals surface area (Å²) in [6.45, 7) is 3.08. The van der Waals surface area contributed by atoms with Crippen molar-refractivity contribution >= 4 is 11.4 Å². The van der Waals surface area contributed by atoms with Gasteiger partial charge in [-0.1, -0.05) is 23.8 Å². The van der Waals surface area contributed by atoms with Gasteiger partial charge in [0, 0.05) is 24.0 Å². The van der Waals surface area contributed by atoms with E-state index in [1.807, 2.05) is 12.1 Å². The van der Waals surface area contributed by atoms with E-state index in [0.29, 0.717) is 5.75 Å². The highest BCUT2D eigenvalue weighted by molar-refractivity contribution is 5.71. The molecule has 1 heterocycles. The zero-order chi connectivity index (χ0) is 11.8. The summed E-state index contributed by atoms with van der Waals surface area (Å²) in [6.07, 6.45) is 1.05. The number of nitrogens with zero attached hydrogens (tertiary/aromatic N) is 1. The van der Waals surface area contributed by atoms with Crippen molar-refractivity contribution in [2.24, 2.45) is 0 Å². The first-order chi connectivity index (χ1) is 8.24. The number of aryl methyl sites for hydroxylation is 1. The van der Waals surface area contributed by atoms with Crippen LogP contribution < -0.4 is 4.90 Å². The minimum absolute atomic E-state index is 0.336. The predicted octanol–water partition coefficient (Wildman–Crippen LogP) is 3.39. The van der Waals surface area contributed by atoms with Crippen molar-refractivity contribution in [3.05, 3.63) is 53.6 Å². The molecule has 0 bridgehead atoms. The van der Waals surface area contributed by atoms with Crippen LogP contribution in [-0.4, -0.2) is 11.7 Å². The Labute approximate surface area is 101 Å². The normalized spacial score (nSPS) is 13.8. The van der Waals surface area contributed by atoms with Gasteiger partial charge in [-0.05, 0) is 37.1 Å². The summed E-state index contributed by atoms with van der Waals surface area (Å²) in [7, 11) is 0. The largest absolute Gasteiger partial charge is 0.508 e. The van der Waals surface area contributed by atoms with Crippen LogP contribution in [0.25, 0.3) is 0 Å². The first kappa shape index (κ1) is 10.2. The number of phenols is 1. The lowest BCUT2D eigenvalue weighted by Crippen LogP contribution is -2.12. The van der Waals surface area contributed by atoms with Gasteiger partial charge in [-0.25, -0.2) is 0 Å². The molecule has 2 aromatic rings. The van der Waals surface area contributed by atoms with E-state index in [-0.39, 0.29) is 0 Å². The molecule has 0 atom stereocenters. The molecule has 0 spiro atoms. The fourth-order valence-corrected chi connectivity index (χ4v) is 2.36. The lowest BCUT2D eigenvalue weighted by molar-refractivity contribution is 0.475. The summed E-state index contributed by atoms with van der Waals surface area (Å²) >= 11 is 0. The van der Waals surface area contributed by atoms with Gasteiger partial charge in [0.25, 0.3) is 0 Å². The topological polar surface area (TPSA) is 23.5 Å². The van der Waals surface area contributed by atoms with Gasteiger partial charge in [-0.3, -0.25) is 0 Å². The number of phenolic OH excluding ortho intramolecular Hbond substituents is 1. The Hall–Kier alpha value is -1.96. The van der Waals surface area contributed by atoms with Gasteiger partial charge in [-0.15, -0.1) is 0 Å². The van der Waals surface area contributed by atoms with Crippen molar-refractivity contribution in [1.29, 1.82) is 0 Å². The smallest absolute Gasteiger partial charge is 0.117 e. The Bertz CT molecular complexity index is 545. The van der Waals surface area contributed by atoms with Gasteiger partial charge >= 0.3 is 0 Å². The van der Waals surface area contributed by atoms with E-state index in [1.54, 1.807) is 6.07 Å². The van der Waals surface area contributed by atoms with Crippen LogP contribution in [0.2, 0.25) is 0 Å². The third-order valence-corrected chi connectivity index (χ3v) is 3.31. The molecule has 0 saturated carbocycles. The summed E-state index contributed by atoms with van der Waals surface area (Å²) in [6, 6.07) is 14.1. The molecule has 0 amide bonds. The quantitative estimate of drug-likeness (QED) is 0.804. The van der Waals surface area contributed by atoms with Crippen LogP contribution in [0.3, 0.4) is 0 Å². The molecule has 1 aliphatic heterocycles. The Kier molecular flexibility index (Phi) is 2.29. The minimum Gasteiger partial charge on any atom is -0.508 e. The number of benzene rings is 2. The van der Waals surface area contributed by atoms with Crippen LogP contribution in [0.15, 0.2) is 42.5 Å². The second-order valence-corrected chi connectivity index (χ2v) is 4.55.